The zero-order valence-corrected chi connectivity index (χ0v) is 11.3. The van der Waals surface area contributed by atoms with Crippen LogP contribution in [-0.2, 0) is 0 Å². The van der Waals surface area contributed by atoms with Crippen molar-refractivity contribution in [3.8, 4) is 5.75 Å². The number of amides is 1. The molecule has 0 aliphatic carbocycles. The van der Waals surface area contributed by atoms with E-state index in [9.17, 15) is 9.90 Å². The van der Waals surface area contributed by atoms with E-state index in [2.05, 4.69) is 5.32 Å². The van der Waals surface area contributed by atoms with Crippen LogP contribution in [-0.4, -0.2) is 23.1 Å². The predicted molar refractivity (Wildman–Crippen MR) is 72.7 cm³/mol. The Labute approximate surface area is 108 Å². The number of phenols is 1. The number of benzene rings is 1. The zero-order valence-electron chi connectivity index (χ0n) is 11.3. The molecule has 0 atom stereocenters. The van der Waals surface area contributed by atoms with Crippen LogP contribution in [0.1, 0.15) is 42.6 Å². The molecule has 0 fully saturated rings. The monoisotopic (exact) mass is 250 g/mol. The zero-order chi connectivity index (χ0) is 13.8. The predicted octanol–water partition coefficient (Wildman–Crippen LogP) is 1.95. The minimum absolute atomic E-state index is 0.132. The van der Waals surface area contributed by atoms with E-state index in [1.807, 2.05) is 13.8 Å². The number of nitrogens with one attached hydrogen (secondary N) is 1. The molecular weight excluding hydrogens is 228 g/mol. The third-order valence-corrected chi connectivity index (χ3v) is 3.56. The lowest BCUT2D eigenvalue weighted by Crippen LogP contribution is -2.49. The molecule has 0 aromatic heterocycles. The van der Waals surface area contributed by atoms with Gasteiger partial charge >= 0.3 is 0 Å². The first-order valence-corrected chi connectivity index (χ1v) is 6.29. The average molecular weight is 250 g/mol. The number of nitrogens with two attached hydrogens (primary N) is 1. The maximum atomic E-state index is 12.0. The normalized spacial score (nSPS) is 11.3. The molecule has 1 aromatic rings. The molecule has 0 radical (unpaired) electrons. The smallest absolute Gasteiger partial charge is 0.251 e. The van der Waals surface area contributed by atoms with Crippen molar-refractivity contribution in [3.05, 3.63) is 29.3 Å². The lowest BCUT2D eigenvalue weighted by Gasteiger charge is -2.27. The molecule has 0 aliphatic heterocycles. The minimum atomic E-state index is -0.361. The van der Waals surface area contributed by atoms with Crippen LogP contribution in [0.15, 0.2) is 18.2 Å². The van der Waals surface area contributed by atoms with Gasteiger partial charge in [0.1, 0.15) is 5.75 Å². The standard InChI is InChI=1S/C14H22N2O2/c1-4-14(15,5-2)9-16-13(18)11-7-6-8-12(17)10(11)3/h6-8,17H,4-5,9,15H2,1-3H3,(H,16,18). The van der Waals surface area contributed by atoms with Crippen molar-refractivity contribution in [2.45, 2.75) is 39.2 Å². The Bertz CT molecular complexity index is 426. The molecule has 0 spiro atoms. The second-order valence-electron chi connectivity index (χ2n) is 4.70. The first-order valence-electron chi connectivity index (χ1n) is 6.29. The van der Waals surface area contributed by atoms with Gasteiger partial charge < -0.3 is 16.2 Å². The molecule has 0 saturated heterocycles. The van der Waals surface area contributed by atoms with Gasteiger partial charge in [-0.25, -0.2) is 0 Å². The Morgan fingerprint density at radius 1 is 1.39 bits per heavy atom. The van der Waals surface area contributed by atoms with E-state index in [-0.39, 0.29) is 17.2 Å². The highest BCUT2D eigenvalue weighted by Gasteiger charge is 2.21. The Balaban J connectivity index is 2.75. The van der Waals surface area contributed by atoms with Gasteiger partial charge in [-0.1, -0.05) is 19.9 Å². The third-order valence-electron chi connectivity index (χ3n) is 3.56. The van der Waals surface area contributed by atoms with Crippen molar-refractivity contribution in [3.63, 3.8) is 0 Å². The quantitative estimate of drug-likeness (QED) is 0.747. The van der Waals surface area contributed by atoms with E-state index in [1.54, 1.807) is 25.1 Å². The van der Waals surface area contributed by atoms with Crippen LogP contribution in [0.5, 0.6) is 5.75 Å². The second-order valence-corrected chi connectivity index (χ2v) is 4.70. The fraction of sp³-hybridized carbons (Fsp3) is 0.500. The van der Waals surface area contributed by atoms with E-state index in [4.69, 9.17) is 5.73 Å². The van der Waals surface area contributed by atoms with E-state index < -0.39 is 0 Å². The molecular formula is C14H22N2O2. The SMILES string of the molecule is CCC(N)(CC)CNC(=O)c1cccc(O)c1C. The molecule has 4 heteroatoms. The summed E-state index contributed by atoms with van der Waals surface area (Å²) in [5, 5.41) is 12.4. The van der Waals surface area contributed by atoms with Crippen molar-refractivity contribution >= 4 is 5.91 Å². The van der Waals surface area contributed by atoms with Crippen molar-refractivity contribution in [2.24, 2.45) is 5.73 Å². The van der Waals surface area contributed by atoms with Crippen LogP contribution < -0.4 is 11.1 Å². The molecule has 0 aliphatic rings. The summed E-state index contributed by atoms with van der Waals surface area (Å²) in [4.78, 5) is 12.0. The molecule has 100 valence electrons. The summed E-state index contributed by atoms with van der Waals surface area (Å²) in [7, 11) is 0. The van der Waals surface area contributed by atoms with E-state index in [0.717, 1.165) is 12.8 Å². The van der Waals surface area contributed by atoms with Gasteiger partial charge in [0, 0.05) is 23.2 Å². The average Bonchev–Trinajstić information content (AvgIpc) is 2.39. The molecule has 0 heterocycles. The first kappa shape index (κ1) is 14.5. The Kier molecular flexibility index (Phi) is 4.73. The summed E-state index contributed by atoms with van der Waals surface area (Å²) in [5.74, 6) is -0.0623. The van der Waals surface area contributed by atoms with Gasteiger partial charge in [-0.05, 0) is 31.9 Å². The first-order chi connectivity index (χ1) is 8.43. The van der Waals surface area contributed by atoms with Crippen LogP contribution >= 0.6 is 0 Å². The number of hydrogen-bond acceptors (Lipinski definition) is 3. The fourth-order valence-electron chi connectivity index (χ4n) is 1.72. The summed E-state index contributed by atoms with van der Waals surface area (Å²) in [5.41, 5.74) is 6.84. The molecule has 0 bridgehead atoms. The summed E-state index contributed by atoms with van der Waals surface area (Å²) in [6.07, 6.45) is 1.62. The largest absolute Gasteiger partial charge is 0.508 e. The van der Waals surface area contributed by atoms with Crippen molar-refractivity contribution in [1.29, 1.82) is 0 Å². The molecule has 1 rings (SSSR count). The number of phenolic OH excluding ortho intramolecular Hbond substituents is 1. The lowest BCUT2D eigenvalue weighted by atomic mass is 9.94. The maximum absolute atomic E-state index is 12.0. The molecule has 1 amide bonds. The number of carbonyl (C=O) groups is 1. The summed E-state index contributed by atoms with van der Waals surface area (Å²) < 4.78 is 0. The summed E-state index contributed by atoms with van der Waals surface area (Å²) in [6.45, 7) is 6.18. The van der Waals surface area contributed by atoms with Gasteiger partial charge in [0.15, 0.2) is 0 Å². The molecule has 4 N–H and O–H groups in total. The topological polar surface area (TPSA) is 75.3 Å². The van der Waals surface area contributed by atoms with E-state index in [0.29, 0.717) is 17.7 Å². The molecule has 0 saturated carbocycles. The van der Waals surface area contributed by atoms with Gasteiger partial charge in [-0.15, -0.1) is 0 Å². The van der Waals surface area contributed by atoms with Crippen LogP contribution in [0.3, 0.4) is 0 Å². The van der Waals surface area contributed by atoms with Crippen molar-refractivity contribution in [1.82, 2.24) is 5.32 Å². The lowest BCUT2D eigenvalue weighted by molar-refractivity contribution is 0.0941. The summed E-state index contributed by atoms with van der Waals surface area (Å²) in [6, 6.07) is 4.92. The molecule has 1 aromatic carbocycles. The van der Waals surface area contributed by atoms with Gasteiger partial charge in [-0.2, -0.15) is 0 Å². The van der Waals surface area contributed by atoms with Crippen LogP contribution in [0, 0.1) is 6.92 Å². The van der Waals surface area contributed by atoms with E-state index >= 15 is 0 Å². The fourth-order valence-corrected chi connectivity index (χ4v) is 1.72. The molecule has 4 nitrogen and oxygen atoms in total. The van der Waals surface area contributed by atoms with E-state index in [1.165, 1.54) is 0 Å². The Hall–Kier alpha value is -1.55. The van der Waals surface area contributed by atoms with Crippen molar-refractivity contribution in [2.75, 3.05) is 6.54 Å². The number of rotatable bonds is 5. The number of hydrogen-bond donors (Lipinski definition) is 3. The molecule has 18 heavy (non-hydrogen) atoms. The van der Waals surface area contributed by atoms with Crippen molar-refractivity contribution < 1.29 is 9.90 Å². The van der Waals surface area contributed by atoms with Gasteiger partial charge in [0.05, 0.1) is 0 Å². The van der Waals surface area contributed by atoms with Gasteiger partial charge in [0.25, 0.3) is 5.91 Å². The number of aromatic hydroxyl groups is 1. The molecule has 0 unspecified atom stereocenters. The maximum Gasteiger partial charge on any atom is 0.251 e. The second kappa shape index (κ2) is 5.87. The van der Waals surface area contributed by atoms with Gasteiger partial charge in [0.2, 0.25) is 0 Å². The summed E-state index contributed by atoms with van der Waals surface area (Å²) >= 11 is 0. The number of carbonyl (C=O) groups excluding carboxylic acids is 1. The van der Waals surface area contributed by atoms with Crippen LogP contribution in [0.4, 0.5) is 0 Å². The minimum Gasteiger partial charge on any atom is -0.508 e. The Morgan fingerprint density at radius 2 is 2.00 bits per heavy atom. The van der Waals surface area contributed by atoms with Gasteiger partial charge in [-0.3, -0.25) is 4.79 Å². The van der Waals surface area contributed by atoms with Crippen LogP contribution in [0.25, 0.3) is 0 Å². The highest BCUT2D eigenvalue weighted by Crippen LogP contribution is 2.19. The third kappa shape index (κ3) is 3.23. The van der Waals surface area contributed by atoms with Crippen LogP contribution in [0.2, 0.25) is 0 Å². The Morgan fingerprint density at radius 3 is 2.56 bits per heavy atom. The highest BCUT2D eigenvalue weighted by molar-refractivity contribution is 5.96. The highest BCUT2D eigenvalue weighted by atomic mass is 16.3.